The van der Waals surface area contributed by atoms with E-state index in [9.17, 15) is 21.2 Å². The molecule has 0 bridgehead atoms. The van der Waals surface area contributed by atoms with Crippen molar-refractivity contribution in [2.75, 3.05) is 13.1 Å². The van der Waals surface area contributed by atoms with Gasteiger partial charge in [-0.25, -0.2) is 25.9 Å². The van der Waals surface area contributed by atoms with Gasteiger partial charge >= 0.3 is 0 Å². The molecule has 0 aliphatic carbocycles. The Kier molecular flexibility index (Phi) is 8.85. The van der Waals surface area contributed by atoms with Gasteiger partial charge in [-0.05, 0) is 67.4 Å². The summed E-state index contributed by atoms with van der Waals surface area (Å²) in [5.74, 6) is 1.84. The summed E-state index contributed by atoms with van der Waals surface area (Å²) < 4.78 is 71.4. The first-order valence-electron chi connectivity index (χ1n) is 11.7. The fourth-order valence-corrected chi connectivity index (χ4v) is 7.03. The van der Waals surface area contributed by atoms with Gasteiger partial charge in [-0.2, -0.15) is 4.31 Å². The molecule has 4 rings (SSSR count). The summed E-state index contributed by atoms with van der Waals surface area (Å²) in [5, 5.41) is 0.901. The van der Waals surface area contributed by atoms with Crippen molar-refractivity contribution in [1.29, 1.82) is 0 Å². The molecule has 0 saturated heterocycles. The molecule has 0 amide bonds. The number of nitrogens with one attached hydrogen (secondary N) is 2. The minimum Gasteiger partial charge on any atom is -0.355 e. The predicted octanol–water partition coefficient (Wildman–Crippen LogP) is 5.38. The Bertz CT molecular complexity index is 1770. The van der Waals surface area contributed by atoms with Crippen LogP contribution in [0.25, 0.3) is 10.9 Å². The molecule has 0 fully saturated rings. The smallest absolute Gasteiger partial charge is 0.244 e. The van der Waals surface area contributed by atoms with Crippen molar-refractivity contribution in [3.05, 3.63) is 92.8 Å². The van der Waals surface area contributed by atoms with E-state index in [2.05, 4.69) is 31.6 Å². The van der Waals surface area contributed by atoms with Crippen molar-refractivity contribution in [2.24, 2.45) is 0 Å². The van der Waals surface area contributed by atoms with E-state index in [1.807, 2.05) is 6.92 Å². The van der Waals surface area contributed by atoms with Crippen LogP contribution < -0.4 is 4.72 Å². The maximum absolute atomic E-state index is 14.9. The molecule has 7 nitrogen and oxygen atoms in total. The molecular formula is C27H24BrClFN3O4S2. The fourth-order valence-electron chi connectivity index (χ4n) is 4.12. The maximum Gasteiger partial charge on any atom is 0.244 e. The standard InChI is InChI=1S/C27H24BrClFN3O4S2/c1-3-14-33(39(36,37)22-8-4-18(2)5-9-22)17-26-23(24-15-19(28)16-25(30)27(24)32-26)12-13-31-38(34,35)21-10-6-20(29)7-11-21/h1,4-11,15-16,31-32H,12-14,17H2,2H3. The van der Waals surface area contributed by atoms with E-state index in [1.54, 1.807) is 18.2 Å². The van der Waals surface area contributed by atoms with Crippen LogP contribution in [0.2, 0.25) is 5.02 Å². The van der Waals surface area contributed by atoms with E-state index >= 15 is 0 Å². The zero-order valence-corrected chi connectivity index (χ0v) is 24.7. The molecule has 0 atom stereocenters. The number of fused-ring (bicyclic) bond motifs is 1. The third-order valence-electron chi connectivity index (χ3n) is 6.07. The van der Waals surface area contributed by atoms with Crippen molar-refractivity contribution in [3.8, 4) is 12.3 Å². The molecule has 0 saturated carbocycles. The average molecular weight is 653 g/mol. The molecule has 2 N–H and O–H groups in total. The van der Waals surface area contributed by atoms with Gasteiger partial charge in [0.25, 0.3) is 0 Å². The first-order chi connectivity index (χ1) is 18.4. The van der Waals surface area contributed by atoms with Crippen LogP contribution in [0.1, 0.15) is 16.8 Å². The molecule has 3 aromatic carbocycles. The van der Waals surface area contributed by atoms with Gasteiger partial charge in [0.15, 0.2) is 0 Å². The molecule has 4 aromatic rings. The minimum atomic E-state index is -3.99. The first kappa shape index (κ1) is 29.3. The lowest BCUT2D eigenvalue weighted by atomic mass is 10.1. The number of hydrogen-bond acceptors (Lipinski definition) is 4. The van der Waals surface area contributed by atoms with Crippen LogP contribution in [-0.2, 0) is 33.0 Å². The quantitative estimate of drug-likeness (QED) is 0.225. The summed E-state index contributed by atoms with van der Waals surface area (Å²) >= 11 is 9.16. The average Bonchev–Trinajstić information content (AvgIpc) is 3.21. The lowest BCUT2D eigenvalue weighted by molar-refractivity contribution is 0.438. The summed E-state index contributed by atoms with van der Waals surface area (Å²) in [7, 11) is -7.83. The van der Waals surface area contributed by atoms with Crippen LogP contribution in [0.4, 0.5) is 4.39 Å². The minimum absolute atomic E-state index is 0.0289. The normalized spacial score (nSPS) is 12.2. The Morgan fingerprint density at radius 1 is 1.05 bits per heavy atom. The Morgan fingerprint density at radius 3 is 2.33 bits per heavy atom. The van der Waals surface area contributed by atoms with Crippen molar-refractivity contribution < 1.29 is 21.2 Å². The monoisotopic (exact) mass is 651 g/mol. The third kappa shape index (κ3) is 6.54. The number of hydrogen-bond donors (Lipinski definition) is 2. The summed E-state index contributed by atoms with van der Waals surface area (Å²) in [4.78, 5) is 3.12. The SMILES string of the molecule is C#CCN(Cc1[nH]c2c(F)cc(Br)cc2c1CCNS(=O)(=O)c1ccc(Cl)cc1)S(=O)(=O)c1ccc(C)cc1. The summed E-state index contributed by atoms with van der Waals surface area (Å²) in [6, 6.07) is 15.1. The van der Waals surface area contributed by atoms with E-state index < -0.39 is 25.9 Å². The van der Waals surface area contributed by atoms with Crippen molar-refractivity contribution in [2.45, 2.75) is 29.7 Å². The number of aryl methyl sites for hydroxylation is 1. The Labute approximate surface area is 240 Å². The van der Waals surface area contributed by atoms with Crippen molar-refractivity contribution in [1.82, 2.24) is 14.0 Å². The zero-order valence-electron chi connectivity index (χ0n) is 20.7. The van der Waals surface area contributed by atoms with Gasteiger partial charge in [0.2, 0.25) is 20.0 Å². The van der Waals surface area contributed by atoms with Crippen molar-refractivity contribution in [3.63, 3.8) is 0 Å². The number of rotatable bonds is 10. The number of sulfonamides is 2. The summed E-state index contributed by atoms with van der Waals surface area (Å²) in [6.07, 6.45) is 5.66. The van der Waals surface area contributed by atoms with E-state index in [-0.39, 0.29) is 41.4 Å². The van der Waals surface area contributed by atoms with Crippen LogP contribution in [0.3, 0.4) is 0 Å². The van der Waals surface area contributed by atoms with Crippen LogP contribution in [-0.4, -0.2) is 39.2 Å². The lowest BCUT2D eigenvalue weighted by Gasteiger charge is -2.20. The van der Waals surface area contributed by atoms with Crippen LogP contribution in [0.5, 0.6) is 0 Å². The van der Waals surface area contributed by atoms with Gasteiger partial charge < -0.3 is 4.98 Å². The lowest BCUT2D eigenvalue weighted by Crippen LogP contribution is -2.32. The zero-order chi connectivity index (χ0) is 28.4. The molecule has 0 spiro atoms. The second kappa shape index (κ2) is 11.8. The number of aromatic nitrogens is 1. The highest BCUT2D eigenvalue weighted by molar-refractivity contribution is 9.10. The second-order valence-electron chi connectivity index (χ2n) is 8.78. The molecular weight excluding hydrogens is 629 g/mol. The molecule has 204 valence electrons. The molecule has 12 heteroatoms. The van der Waals surface area contributed by atoms with E-state index in [0.29, 0.717) is 26.1 Å². The van der Waals surface area contributed by atoms with Crippen LogP contribution >= 0.6 is 27.5 Å². The number of H-pyrrole nitrogens is 1. The highest BCUT2D eigenvalue weighted by Crippen LogP contribution is 2.30. The van der Waals surface area contributed by atoms with E-state index in [4.69, 9.17) is 18.0 Å². The van der Waals surface area contributed by atoms with Crippen LogP contribution in [0.15, 0.2) is 74.9 Å². The molecule has 1 heterocycles. The van der Waals surface area contributed by atoms with Gasteiger partial charge in [0.05, 0.1) is 28.4 Å². The maximum atomic E-state index is 14.9. The highest BCUT2D eigenvalue weighted by Gasteiger charge is 2.27. The molecule has 0 unspecified atom stereocenters. The highest BCUT2D eigenvalue weighted by atomic mass is 79.9. The van der Waals surface area contributed by atoms with Gasteiger partial charge in [-0.3, -0.25) is 0 Å². The Balaban J connectivity index is 1.68. The topological polar surface area (TPSA) is 99.3 Å². The summed E-state index contributed by atoms with van der Waals surface area (Å²) in [5.41, 5.74) is 2.04. The van der Waals surface area contributed by atoms with E-state index in [1.165, 1.54) is 42.5 Å². The Morgan fingerprint density at radius 2 is 1.69 bits per heavy atom. The van der Waals surface area contributed by atoms with Gasteiger partial charge in [-0.15, -0.1) is 6.42 Å². The number of benzene rings is 3. The fraction of sp³-hybridized carbons (Fsp3) is 0.185. The van der Waals surface area contributed by atoms with Gasteiger partial charge in [0.1, 0.15) is 5.82 Å². The molecule has 0 aliphatic heterocycles. The number of halogens is 3. The van der Waals surface area contributed by atoms with Gasteiger partial charge in [-0.1, -0.05) is 51.1 Å². The van der Waals surface area contributed by atoms with Crippen molar-refractivity contribution >= 4 is 58.5 Å². The Hall–Kier alpha value is -2.72. The number of aromatic amines is 1. The van der Waals surface area contributed by atoms with Crippen LogP contribution in [0, 0.1) is 25.1 Å². The number of nitrogens with zero attached hydrogens (tertiary/aromatic N) is 1. The van der Waals surface area contributed by atoms with Gasteiger partial charge in [0, 0.05) is 27.1 Å². The summed E-state index contributed by atoms with van der Waals surface area (Å²) in [6.45, 7) is 1.42. The first-order valence-corrected chi connectivity index (χ1v) is 15.8. The largest absolute Gasteiger partial charge is 0.355 e. The third-order valence-corrected chi connectivity index (χ3v) is 10.1. The predicted molar refractivity (Wildman–Crippen MR) is 154 cm³/mol. The molecule has 0 aliphatic rings. The van der Waals surface area contributed by atoms with E-state index in [0.717, 1.165) is 9.87 Å². The molecule has 0 radical (unpaired) electrons. The second-order valence-corrected chi connectivity index (χ2v) is 13.8. The molecule has 39 heavy (non-hydrogen) atoms. The number of terminal acetylenes is 1. The molecule has 1 aromatic heterocycles.